The van der Waals surface area contributed by atoms with E-state index in [-0.39, 0.29) is 6.61 Å². The molecule has 0 aliphatic rings. The maximum atomic E-state index is 12.7. The maximum Gasteiger partial charge on any atom is 0.384 e. The summed E-state index contributed by atoms with van der Waals surface area (Å²) in [5.41, 5.74) is 1.05. The molecule has 0 spiro atoms. The Hall–Kier alpha value is -2.43. The summed E-state index contributed by atoms with van der Waals surface area (Å²) in [7, 11) is 1.00. The van der Waals surface area contributed by atoms with Crippen molar-refractivity contribution in [3.05, 3.63) is 40.8 Å². The lowest BCUT2D eigenvalue weighted by atomic mass is 10.2. The van der Waals surface area contributed by atoms with Crippen LogP contribution < -0.4 is 0 Å². The highest BCUT2D eigenvalue weighted by Crippen LogP contribution is 2.16. The molecule has 7 heteroatoms. The molecule has 140 valence electrons. The van der Waals surface area contributed by atoms with Gasteiger partial charge in [0.05, 0.1) is 36.5 Å². The summed E-state index contributed by atoms with van der Waals surface area (Å²) in [5, 5.41) is 0. The van der Waals surface area contributed by atoms with Crippen LogP contribution in [0.25, 0.3) is 0 Å². The first kappa shape index (κ1) is 21.6. The van der Waals surface area contributed by atoms with Crippen LogP contribution in [-0.4, -0.2) is 43.6 Å². The van der Waals surface area contributed by atoms with Crippen LogP contribution >= 0.6 is 0 Å². The molecule has 0 saturated carbocycles. The van der Waals surface area contributed by atoms with E-state index in [0.717, 1.165) is 5.56 Å². The van der Waals surface area contributed by atoms with E-state index in [1.807, 2.05) is 19.1 Å². The largest absolute Gasteiger partial charge is 0.466 e. The van der Waals surface area contributed by atoms with Crippen LogP contribution in [0, 0.1) is 18.8 Å². The summed E-state index contributed by atoms with van der Waals surface area (Å²) < 4.78 is 27.2. The number of benzene rings is 1. The minimum atomic E-state index is -1.52. The Kier molecular flexibility index (Phi) is 9.98. The molecule has 26 heavy (non-hydrogen) atoms. The van der Waals surface area contributed by atoms with E-state index in [1.54, 1.807) is 12.1 Å². The predicted molar refractivity (Wildman–Crippen MR) is 97.5 cm³/mol. The Balaban J connectivity index is 2.62. The Morgan fingerprint density at radius 1 is 1.15 bits per heavy atom. The van der Waals surface area contributed by atoms with E-state index >= 15 is 0 Å². The fourth-order valence-electron chi connectivity index (χ4n) is 1.77. The van der Waals surface area contributed by atoms with Crippen molar-refractivity contribution in [2.45, 2.75) is 24.7 Å². The van der Waals surface area contributed by atoms with E-state index in [2.05, 4.69) is 21.3 Å². The number of methoxy groups -OCH3 is 2. The van der Waals surface area contributed by atoms with Gasteiger partial charge in [0.1, 0.15) is 0 Å². The highest BCUT2D eigenvalue weighted by molar-refractivity contribution is 7.89. The van der Waals surface area contributed by atoms with Crippen molar-refractivity contribution in [1.29, 1.82) is 0 Å². The van der Waals surface area contributed by atoms with Gasteiger partial charge in [0.15, 0.2) is 0 Å². The molecule has 6 nitrogen and oxygen atoms in total. The molecule has 0 radical (unpaired) electrons. The number of unbranched alkanes of at least 4 members (excludes halogenated alkanes) is 1. The quantitative estimate of drug-likeness (QED) is 0.227. The van der Waals surface area contributed by atoms with Crippen molar-refractivity contribution in [2.75, 3.05) is 27.4 Å². The lowest BCUT2D eigenvalue weighted by Crippen LogP contribution is -2.09. The smallest absolute Gasteiger partial charge is 0.384 e. The molecule has 1 aromatic carbocycles. The van der Waals surface area contributed by atoms with Gasteiger partial charge >= 0.3 is 11.9 Å². The summed E-state index contributed by atoms with van der Waals surface area (Å²) in [6, 6.07) is 7.20. The van der Waals surface area contributed by atoms with Gasteiger partial charge in [-0.3, -0.25) is 0 Å². The van der Waals surface area contributed by atoms with E-state index in [1.165, 1.54) is 20.3 Å². The average Bonchev–Trinajstić information content (AvgIpc) is 2.65. The summed E-state index contributed by atoms with van der Waals surface area (Å²) in [4.78, 5) is 23.3. The van der Waals surface area contributed by atoms with E-state index in [4.69, 9.17) is 4.74 Å². The second kappa shape index (κ2) is 12.0. The number of ether oxygens (including phenoxy) is 3. The summed E-state index contributed by atoms with van der Waals surface area (Å²) >= 11 is 0. The van der Waals surface area contributed by atoms with Crippen LogP contribution in [0.4, 0.5) is 0 Å². The molecular weight excluding hydrogens is 356 g/mol. The number of rotatable bonds is 8. The molecule has 0 heterocycles. The number of esters is 2. The van der Waals surface area contributed by atoms with Crippen molar-refractivity contribution in [3.63, 3.8) is 0 Å². The third-order valence-corrected chi connectivity index (χ3v) is 4.58. The molecular formula is C19H22O6S. The van der Waals surface area contributed by atoms with Crippen molar-refractivity contribution in [2.24, 2.45) is 0 Å². The predicted octanol–water partition coefficient (Wildman–Crippen LogP) is 2.13. The zero-order chi connectivity index (χ0) is 19.4. The standard InChI is InChI=1S/C19H22O6S/c1-15-8-10-16(11-9-15)26(22)17(13-19(21)24-3)14-25-12-6-4-5-7-18(20)23-2/h8-11,13H,4,6,12,14H2,1-3H3/b17-13+. The molecule has 1 rings (SSSR count). The van der Waals surface area contributed by atoms with Gasteiger partial charge in [-0.05, 0) is 25.5 Å². The summed E-state index contributed by atoms with van der Waals surface area (Å²) in [5.74, 6) is 3.82. The van der Waals surface area contributed by atoms with Gasteiger partial charge in [0, 0.05) is 29.9 Å². The topological polar surface area (TPSA) is 78.9 Å². The Morgan fingerprint density at radius 3 is 2.46 bits per heavy atom. The van der Waals surface area contributed by atoms with Crippen LogP contribution in [0.15, 0.2) is 40.1 Å². The van der Waals surface area contributed by atoms with E-state index in [0.29, 0.717) is 29.2 Å². The highest BCUT2D eigenvalue weighted by atomic mass is 32.2. The van der Waals surface area contributed by atoms with Crippen molar-refractivity contribution >= 4 is 22.7 Å². The first-order valence-corrected chi connectivity index (χ1v) is 9.04. The van der Waals surface area contributed by atoms with Crippen LogP contribution in [0.2, 0.25) is 0 Å². The first-order valence-electron chi connectivity index (χ1n) is 7.89. The van der Waals surface area contributed by atoms with Gasteiger partial charge in [0.2, 0.25) is 0 Å². The third-order valence-electron chi connectivity index (χ3n) is 3.16. The summed E-state index contributed by atoms with van der Waals surface area (Å²) in [6.45, 7) is 2.31. The van der Waals surface area contributed by atoms with E-state index < -0.39 is 22.7 Å². The molecule has 0 amide bonds. The zero-order valence-corrected chi connectivity index (χ0v) is 15.9. The molecule has 0 aromatic heterocycles. The molecule has 1 aromatic rings. The van der Waals surface area contributed by atoms with Crippen LogP contribution in [0.3, 0.4) is 0 Å². The number of hydrogen-bond donors (Lipinski definition) is 0. The van der Waals surface area contributed by atoms with Gasteiger partial charge in [0.25, 0.3) is 0 Å². The van der Waals surface area contributed by atoms with Gasteiger partial charge in [-0.1, -0.05) is 23.6 Å². The molecule has 0 aliphatic carbocycles. The maximum absolute atomic E-state index is 12.7. The van der Waals surface area contributed by atoms with Crippen LogP contribution in [-0.2, 0) is 34.6 Å². The van der Waals surface area contributed by atoms with Crippen LogP contribution in [0.5, 0.6) is 0 Å². The molecule has 0 saturated heterocycles. The number of aryl methyl sites for hydroxylation is 1. The molecule has 0 aliphatic heterocycles. The SMILES string of the molecule is COC(=O)C#CCCCOC/C(=C\C(=O)OC)S(=O)c1ccc(C)cc1. The summed E-state index contributed by atoms with van der Waals surface area (Å²) in [6.07, 6.45) is 2.24. The zero-order valence-electron chi connectivity index (χ0n) is 15.1. The molecule has 0 N–H and O–H groups in total. The minimum absolute atomic E-state index is 0.0278. The van der Waals surface area contributed by atoms with E-state index in [9.17, 15) is 13.8 Å². The molecule has 1 atom stereocenters. The molecule has 0 fully saturated rings. The fraction of sp³-hybridized carbons (Fsp3) is 0.368. The third kappa shape index (κ3) is 8.10. The Bertz CT molecular complexity index is 725. The molecule has 0 bridgehead atoms. The lowest BCUT2D eigenvalue weighted by Gasteiger charge is -2.09. The fourth-order valence-corrected chi connectivity index (χ4v) is 2.85. The van der Waals surface area contributed by atoms with Crippen molar-refractivity contribution in [3.8, 4) is 11.8 Å². The second-order valence-corrected chi connectivity index (χ2v) is 6.70. The first-order chi connectivity index (χ1) is 12.5. The van der Waals surface area contributed by atoms with Crippen LogP contribution in [0.1, 0.15) is 18.4 Å². The average molecular weight is 378 g/mol. The second-order valence-electron chi connectivity index (χ2n) is 5.17. The van der Waals surface area contributed by atoms with Crippen molar-refractivity contribution < 1.29 is 28.0 Å². The monoisotopic (exact) mass is 378 g/mol. The Morgan fingerprint density at radius 2 is 1.85 bits per heavy atom. The minimum Gasteiger partial charge on any atom is -0.466 e. The Labute approximate surface area is 156 Å². The van der Waals surface area contributed by atoms with Gasteiger partial charge in [-0.25, -0.2) is 13.8 Å². The van der Waals surface area contributed by atoms with Gasteiger partial charge in [-0.15, -0.1) is 0 Å². The highest BCUT2D eigenvalue weighted by Gasteiger charge is 2.13. The van der Waals surface area contributed by atoms with Gasteiger partial charge < -0.3 is 14.2 Å². The normalized spacial score (nSPS) is 11.9. The van der Waals surface area contributed by atoms with Gasteiger partial charge in [-0.2, -0.15) is 0 Å². The lowest BCUT2D eigenvalue weighted by molar-refractivity contribution is -0.135. The van der Waals surface area contributed by atoms with Crippen molar-refractivity contribution in [1.82, 2.24) is 0 Å². The number of carbonyl (C=O) groups excluding carboxylic acids is 2. The number of carbonyl (C=O) groups is 2. The number of hydrogen-bond acceptors (Lipinski definition) is 6. The molecule has 1 unspecified atom stereocenters.